The summed E-state index contributed by atoms with van der Waals surface area (Å²) < 4.78 is 5.65. The molecule has 3 rings (SSSR count). The zero-order valence-electron chi connectivity index (χ0n) is 14.0. The van der Waals surface area contributed by atoms with Crippen LogP contribution in [0.3, 0.4) is 0 Å². The second-order valence-electron chi connectivity index (χ2n) is 5.55. The van der Waals surface area contributed by atoms with Crippen LogP contribution < -0.4 is 5.56 Å². The van der Waals surface area contributed by atoms with Crippen LogP contribution in [0.4, 0.5) is 5.69 Å². The normalized spacial score (nSPS) is 11.0. The van der Waals surface area contributed by atoms with E-state index in [2.05, 4.69) is 9.97 Å². The first-order valence-electron chi connectivity index (χ1n) is 7.72. The van der Waals surface area contributed by atoms with E-state index < -0.39 is 22.0 Å². The van der Waals surface area contributed by atoms with Crippen molar-refractivity contribution in [1.82, 2.24) is 9.97 Å². The third kappa shape index (κ3) is 3.82. The molecule has 0 unspecified atom stereocenters. The smallest absolute Gasteiger partial charge is 0.395 e. The van der Waals surface area contributed by atoms with Crippen LogP contribution in [0.15, 0.2) is 45.6 Å². The molecule has 2 N–H and O–H groups in total. The molecular formula is C18H13N3O6. The van der Waals surface area contributed by atoms with Gasteiger partial charge in [-0.3, -0.25) is 19.7 Å². The standard InChI is InChI=1S/C18H13N3O6/c1-10(22)11-2-4-12(5-3-11)14-8-6-13(27-14)7-9-15-19-17(23)16(21(25)26)18(24)20-15/h2-9H,1H3,(H2,19,20,23,24)/b9-7-. The number of benzene rings is 1. The molecule has 136 valence electrons. The van der Waals surface area contributed by atoms with E-state index in [4.69, 9.17) is 4.42 Å². The Hall–Kier alpha value is -4.01. The predicted octanol–water partition coefficient (Wildman–Crippen LogP) is 3.02. The predicted molar refractivity (Wildman–Crippen MR) is 96.3 cm³/mol. The molecule has 0 saturated heterocycles. The number of carbonyl (C=O) groups excluding carboxylic acids is 1. The van der Waals surface area contributed by atoms with Crippen molar-refractivity contribution in [2.45, 2.75) is 6.92 Å². The molecule has 9 nitrogen and oxygen atoms in total. The molecule has 3 aromatic rings. The van der Waals surface area contributed by atoms with E-state index in [9.17, 15) is 24.8 Å². The second kappa shape index (κ2) is 7.08. The maximum absolute atomic E-state index is 11.6. The lowest BCUT2D eigenvalue weighted by atomic mass is 10.1. The van der Waals surface area contributed by atoms with Crippen molar-refractivity contribution in [3.05, 3.63) is 74.0 Å². The first-order valence-corrected chi connectivity index (χ1v) is 7.72. The Bertz CT molecular complexity index is 1110. The highest BCUT2D eigenvalue weighted by molar-refractivity contribution is 5.94. The minimum absolute atomic E-state index is 0.0301. The number of aromatic hydroxyl groups is 1. The lowest BCUT2D eigenvalue weighted by molar-refractivity contribution is -0.387. The summed E-state index contributed by atoms with van der Waals surface area (Å²) >= 11 is 0. The van der Waals surface area contributed by atoms with E-state index in [0.717, 1.165) is 5.56 Å². The van der Waals surface area contributed by atoms with Gasteiger partial charge in [-0.1, -0.05) is 24.3 Å². The van der Waals surface area contributed by atoms with Gasteiger partial charge in [-0.25, -0.2) is 0 Å². The molecule has 0 atom stereocenters. The summed E-state index contributed by atoms with van der Waals surface area (Å²) in [5.41, 5.74) is -0.697. The van der Waals surface area contributed by atoms with Crippen molar-refractivity contribution in [2.24, 2.45) is 0 Å². The van der Waals surface area contributed by atoms with Crippen LogP contribution >= 0.6 is 0 Å². The Balaban J connectivity index is 1.82. The van der Waals surface area contributed by atoms with Crippen molar-refractivity contribution in [2.75, 3.05) is 0 Å². The van der Waals surface area contributed by atoms with Crippen LogP contribution in [0.2, 0.25) is 0 Å². The molecule has 0 saturated carbocycles. The molecule has 0 spiro atoms. The van der Waals surface area contributed by atoms with Crippen molar-refractivity contribution >= 4 is 23.6 Å². The molecule has 2 heterocycles. The van der Waals surface area contributed by atoms with E-state index in [1.165, 1.54) is 19.1 Å². The largest absolute Gasteiger partial charge is 0.488 e. The summed E-state index contributed by atoms with van der Waals surface area (Å²) in [7, 11) is 0. The van der Waals surface area contributed by atoms with Crippen LogP contribution in [0.25, 0.3) is 23.5 Å². The van der Waals surface area contributed by atoms with Crippen LogP contribution in [-0.2, 0) is 0 Å². The molecule has 0 aliphatic rings. The van der Waals surface area contributed by atoms with Crippen molar-refractivity contribution in [3.63, 3.8) is 0 Å². The quantitative estimate of drug-likeness (QED) is 0.401. The number of furan rings is 1. The van der Waals surface area contributed by atoms with Gasteiger partial charge in [-0.05, 0) is 31.2 Å². The molecule has 27 heavy (non-hydrogen) atoms. The Morgan fingerprint density at radius 1 is 1.22 bits per heavy atom. The van der Waals surface area contributed by atoms with Gasteiger partial charge >= 0.3 is 11.2 Å². The number of nitro groups is 1. The number of hydrogen-bond acceptors (Lipinski definition) is 7. The second-order valence-corrected chi connectivity index (χ2v) is 5.55. The summed E-state index contributed by atoms with van der Waals surface area (Å²) in [5, 5.41) is 20.2. The van der Waals surface area contributed by atoms with E-state index in [-0.39, 0.29) is 11.6 Å². The number of nitrogens with one attached hydrogen (secondary N) is 1. The summed E-state index contributed by atoms with van der Waals surface area (Å²) in [6, 6.07) is 10.3. The number of carbonyl (C=O) groups is 1. The molecule has 0 radical (unpaired) electrons. The first-order chi connectivity index (χ1) is 12.8. The summed E-state index contributed by atoms with van der Waals surface area (Å²) in [6.45, 7) is 1.49. The fraction of sp³-hybridized carbons (Fsp3) is 0.0556. The Morgan fingerprint density at radius 3 is 2.52 bits per heavy atom. The summed E-state index contributed by atoms with van der Waals surface area (Å²) in [6.07, 6.45) is 2.82. The van der Waals surface area contributed by atoms with Gasteiger partial charge in [0.1, 0.15) is 17.3 Å². The van der Waals surface area contributed by atoms with Gasteiger partial charge in [0.25, 0.3) is 5.88 Å². The highest BCUT2D eigenvalue weighted by atomic mass is 16.6. The van der Waals surface area contributed by atoms with Gasteiger partial charge in [-0.2, -0.15) is 4.98 Å². The Morgan fingerprint density at radius 2 is 1.93 bits per heavy atom. The number of hydrogen-bond donors (Lipinski definition) is 2. The van der Waals surface area contributed by atoms with Gasteiger partial charge in [0.05, 0.1) is 4.92 Å². The number of nitrogens with zero attached hydrogens (tertiary/aromatic N) is 2. The SMILES string of the molecule is CC(=O)c1ccc(-c2ccc(/C=C\c3nc(O)c([N+](=O)[O-])c(=O)[nH]3)o2)cc1. The van der Waals surface area contributed by atoms with E-state index in [0.29, 0.717) is 17.1 Å². The third-order valence-electron chi connectivity index (χ3n) is 3.69. The number of rotatable bonds is 5. The Labute approximate surface area is 151 Å². The highest BCUT2D eigenvalue weighted by Crippen LogP contribution is 2.24. The lowest BCUT2D eigenvalue weighted by Crippen LogP contribution is -2.14. The molecule has 0 amide bonds. The Kier molecular flexibility index (Phi) is 4.67. The molecule has 0 bridgehead atoms. The van der Waals surface area contributed by atoms with Gasteiger partial charge in [0.2, 0.25) is 0 Å². The van der Waals surface area contributed by atoms with Gasteiger partial charge in [0, 0.05) is 11.1 Å². The monoisotopic (exact) mass is 367 g/mol. The number of Topliss-reactive ketones (excluding diaryl/α,β-unsaturated/α-hetero) is 1. The van der Waals surface area contributed by atoms with E-state index >= 15 is 0 Å². The van der Waals surface area contributed by atoms with E-state index in [1.54, 1.807) is 36.4 Å². The number of aromatic amines is 1. The zero-order chi connectivity index (χ0) is 19.6. The third-order valence-corrected chi connectivity index (χ3v) is 3.69. The molecule has 0 aliphatic carbocycles. The molecular weight excluding hydrogens is 354 g/mol. The van der Waals surface area contributed by atoms with Crippen molar-refractivity contribution in [1.29, 1.82) is 0 Å². The maximum Gasteiger partial charge on any atom is 0.395 e. The maximum atomic E-state index is 11.6. The fourth-order valence-corrected chi connectivity index (χ4v) is 2.34. The summed E-state index contributed by atoms with van der Waals surface area (Å²) in [4.78, 5) is 38.3. The molecule has 2 aromatic heterocycles. The average Bonchev–Trinajstić information content (AvgIpc) is 3.08. The number of H-pyrrole nitrogens is 1. The van der Waals surface area contributed by atoms with Gasteiger partial charge in [-0.15, -0.1) is 0 Å². The molecule has 1 aromatic carbocycles. The minimum atomic E-state index is -1.06. The average molecular weight is 367 g/mol. The first kappa shape index (κ1) is 17.8. The van der Waals surface area contributed by atoms with Crippen molar-refractivity contribution in [3.8, 4) is 17.2 Å². The van der Waals surface area contributed by atoms with Crippen LogP contribution in [-0.4, -0.2) is 25.8 Å². The number of aromatic nitrogens is 2. The molecule has 0 aliphatic heterocycles. The molecule has 0 fully saturated rings. The number of ketones is 1. The van der Waals surface area contributed by atoms with Crippen LogP contribution in [0, 0.1) is 10.1 Å². The molecule has 9 heteroatoms. The van der Waals surface area contributed by atoms with Crippen molar-refractivity contribution < 1.29 is 19.2 Å². The van der Waals surface area contributed by atoms with Crippen LogP contribution in [0.1, 0.15) is 28.9 Å². The van der Waals surface area contributed by atoms with Crippen LogP contribution in [0.5, 0.6) is 5.88 Å². The van der Waals surface area contributed by atoms with Gasteiger partial charge < -0.3 is 14.5 Å². The van der Waals surface area contributed by atoms with Gasteiger partial charge in [0.15, 0.2) is 5.78 Å². The minimum Gasteiger partial charge on any atom is -0.488 e. The summed E-state index contributed by atoms with van der Waals surface area (Å²) in [5.74, 6) is -0.0581. The zero-order valence-corrected chi connectivity index (χ0v) is 14.0. The lowest BCUT2D eigenvalue weighted by Gasteiger charge is -1.99. The fourth-order valence-electron chi connectivity index (χ4n) is 2.34. The van der Waals surface area contributed by atoms with E-state index in [1.807, 2.05) is 0 Å². The topological polar surface area (TPSA) is 139 Å². The highest BCUT2D eigenvalue weighted by Gasteiger charge is 2.21.